The zero-order valence-electron chi connectivity index (χ0n) is 6.53. The van der Waals surface area contributed by atoms with E-state index in [1.165, 1.54) is 18.4 Å². The molecule has 4 heteroatoms. The van der Waals surface area contributed by atoms with E-state index in [1.54, 1.807) is 11.4 Å². The van der Waals surface area contributed by atoms with Gasteiger partial charge in [-0.05, 0) is 6.07 Å². The Morgan fingerprint density at radius 1 is 1.83 bits per heavy atom. The van der Waals surface area contributed by atoms with Crippen LogP contribution in [0.1, 0.15) is 15.2 Å². The minimum Gasteiger partial charge on any atom is -0.465 e. The van der Waals surface area contributed by atoms with Gasteiger partial charge in [-0.1, -0.05) is 0 Å². The van der Waals surface area contributed by atoms with E-state index in [4.69, 9.17) is 6.57 Å². The molecule has 1 heterocycles. The first kappa shape index (κ1) is 8.75. The van der Waals surface area contributed by atoms with Crippen molar-refractivity contribution in [2.75, 3.05) is 7.11 Å². The summed E-state index contributed by atoms with van der Waals surface area (Å²) in [6.45, 7) is 6.95. The molecule has 0 aromatic carbocycles. The molecule has 0 saturated carbocycles. The second-order valence-corrected chi connectivity index (χ2v) is 3.11. The van der Waals surface area contributed by atoms with E-state index in [-0.39, 0.29) is 5.97 Å². The minimum atomic E-state index is -0.345. The number of carbonyl (C=O) groups excluding carboxylic acids is 1. The third-order valence-electron chi connectivity index (χ3n) is 1.31. The molecule has 0 N–H and O–H groups in total. The average Bonchev–Trinajstić information content (AvgIpc) is 2.52. The number of hydrogen-bond donors (Lipinski definition) is 0. The van der Waals surface area contributed by atoms with Crippen LogP contribution >= 0.6 is 11.3 Å². The first-order valence-corrected chi connectivity index (χ1v) is 4.15. The van der Waals surface area contributed by atoms with Gasteiger partial charge >= 0.3 is 5.97 Å². The maximum atomic E-state index is 10.9. The molecular weight excluding hydrogens is 174 g/mol. The van der Waals surface area contributed by atoms with Crippen LogP contribution in [0.5, 0.6) is 0 Å². The Kier molecular flexibility index (Phi) is 2.83. The molecule has 0 aliphatic rings. The van der Waals surface area contributed by atoms with Gasteiger partial charge in [0.2, 0.25) is 6.54 Å². The number of methoxy groups -OCH3 is 1. The fourth-order valence-corrected chi connectivity index (χ4v) is 1.54. The van der Waals surface area contributed by atoms with Gasteiger partial charge in [0.1, 0.15) is 0 Å². The number of rotatable bonds is 2. The molecule has 0 saturated heterocycles. The molecule has 0 bridgehead atoms. The van der Waals surface area contributed by atoms with Crippen molar-refractivity contribution < 1.29 is 9.53 Å². The van der Waals surface area contributed by atoms with Crippen LogP contribution in [0.2, 0.25) is 0 Å². The third kappa shape index (κ3) is 1.83. The van der Waals surface area contributed by atoms with Crippen LogP contribution in [0.3, 0.4) is 0 Å². The molecule has 1 rings (SSSR count). The van der Waals surface area contributed by atoms with Gasteiger partial charge in [-0.3, -0.25) is 0 Å². The van der Waals surface area contributed by atoms with Crippen LogP contribution in [0, 0.1) is 6.57 Å². The molecule has 0 unspecified atom stereocenters. The summed E-state index contributed by atoms with van der Waals surface area (Å²) in [6.07, 6.45) is 0. The van der Waals surface area contributed by atoms with Crippen molar-refractivity contribution in [3.8, 4) is 0 Å². The lowest BCUT2D eigenvalue weighted by Crippen LogP contribution is -1.98. The monoisotopic (exact) mass is 181 g/mol. The zero-order valence-corrected chi connectivity index (χ0v) is 7.35. The molecule has 0 spiro atoms. The van der Waals surface area contributed by atoms with Crippen LogP contribution in [0.25, 0.3) is 4.85 Å². The van der Waals surface area contributed by atoms with Gasteiger partial charge < -0.3 is 9.58 Å². The highest BCUT2D eigenvalue weighted by Gasteiger charge is 2.08. The summed E-state index contributed by atoms with van der Waals surface area (Å²) in [5, 5.41) is 1.70. The van der Waals surface area contributed by atoms with Gasteiger partial charge in [-0.15, -0.1) is 11.3 Å². The van der Waals surface area contributed by atoms with Crippen molar-refractivity contribution in [1.29, 1.82) is 0 Å². The Morgan fingerprint density at radius 3 is 3.17 bits per heavy atom. The molecule has 12 heavy (non-hydrogen) atoms. The summed E-state index contributed by atoms with van der Waals surface area (Å²) in [6, 6.07) is 1.69. The highest BCUT2D eigenvalue weighted by molar-refractivity contribution is 7.10. The molecule has 0 radical (unpaired) electrons. The molecule has 0 amide bonds. The molecular formula is C8H7NO2S. The van der Waals surface area contributed by atoms with E-state index in [2.05, 4.69) is 9.58 Å². The fraction of sp³-hybridized carbons (Fsp3) is 0.250. The lowest BCUT2D eigenvalue weighted by Gasteiger charge is -1.91. The van der Waals surface area contributed by atoms with Gasteiger partial charge in [-0.25, -0.2) is 11.4 Å². The summed E-state index contributed by atoms with van der Waals surface area (Å²) < 4.78 is 4.52. The van der Waals surface area contributed by atoms with Crippen molar-refractivity contribution in [3.05, 3.63) is 33.3 Å². The summed E-state index contributed by atoms with van der Waals surface area (Å²) >= 11 is 1.40. The van der Waals surface area contributed by atoms with Crippen LogP contribution in [-0.4, -0.2) is 13.1 Å². The lowest BCUT2D eigenvalue weighted by atomic mass is 10.3. The topological polar surface area (TPSA) is 30.7 Å². The van der Waals surface area contributed by atoms with Crippen LogP contribution in [0.4, 0.5) is 0 Å². The first-order valence-electron chi connectivity index (χ1n) is 3.27. The molecule has 1 aromatic heterocycles. The summed E-state index contributed by atoms with van der Waals surface area (Å²) in [5.41, 5.74) is 0.529. The predicted molar refractivity (Wildman–Crippen MR) is 46.0 cm³/mol. The van der Waals surface area contributed by atoms with Crippen molar-refractivity contribution >= 4 is 17.3 Å². The zero-order chi connectivity index (χ0) is 8.97. The van der Waals surface area contributed by atoms with Gasteiger partial charge in [-0.2, -0.15) is 0 Å². The van der Waals surface area contributed by atoms with E-state index in [9.17, 15) is 4.79 Å². The van der Waals surface area contributed by atoms with Crippen LogP contribution < -0.4 is 0 Å². The van der Waals surface area contributed by atoms with E-state index in [0.717, 1.165) is 4.88 Å². The third-order valence-corrected chi connectivity index (χ3v) is 2.23. The Labute approximate surface area is 74.4 Å². The van der Waals surface area contributed by atoms with Gasteiger partial charge in [0, 0.05) is 5.38 Å². The quantitative estimate of drug-likeness (QED) is 0.515. The number of thiophene rings is 1. The predicted octanol–water partition coefficient (Wildman–Crippen LogP) is 1.95. The molecule has 0 fully saturated rings. The van der Waals surface area contributed by atoms with Crippen molar-refractivity contribution in [1.82, 2.24) is 0 Å². The second-order valence-electron chi connectivity index (χ2n) is 2.11. The molecule has 3 nitrogen and oxygen atoms in total. The minimum absolute atomic E-state index is 0.335. The second kappa shape index (κ2) is 3.88. The van der Waals surface area contributed by atoms with E-state index >= 15 is 0 Å². The van der Waals surface area contributed by atoms with Crippen molar-refractivity contribution in [3.63, 3.8) is 0 Å². The van der Waals surface area contributed by atoms with Crippen LogP contribution in [0.15, 0.2) is 11.4 Å². The normalized spacial score (nSPS) is 9.00. The lowest BCUT2D eigenvalue weighted by molar-refractivity contribution is 0.0601. The number of carbonyl (C=O) groups is 1. The van der Waals surface area contributed by atoms with Crippen molar-refractivity contribution in [2.45, 2.75) is 6.54 Å². The maximum absolute atomic E-state index is 10.9. The van der Waals surface area contributed by atoms with Crippen molar-refractivity contribution in [2.24, 2.45) is 0 Å². The number of hydrogen-bond acceptors (Lipinski definition) is 3. The Bertz CT molecular complexity index is 324. The smallest absolute Gasteiger partial charge is 0.338 e. The average molecular weight is 181 g/mol. The standard InChI is InChI=1S/C8H7NO2S/c1-9-4-7-3-6(5-12-7)8(10)11-2/h3,5H,4H2,2H3. The number of ether oxygens (including phenoxy) is 1. The molecule has 0 atom stereocenters. The molecule has 0 aliphatic heterocycles. The maximum Gasteiger partial charge on any atom is 0.338 e. The van der Waals surface area contributed by atoms with Crippen LogP contribution in [-0.2, 0) is 11.3 Å². The SMILES string of the molecule is [C-]#[N+]Cc1cc(C(=O)OC)cs1. The molecule has 1 aromatic rings. The largest absolute Gasteiger partial charge is 0.465 e. The number of nitrogens with zero attached hydrogens (tertiary/aromatic N) is 1. The van der Waals surface area contributed by atoms with Gasteiger partial charge in [0.25, 0.3) is 0 Å². The molecule has 0 aliphatic carbocycles. The summed E-state index contributed by atoms with van der Waals surface area (Å²) in [5.74, 6) is -0.345. The van der Waals surface area contributed by atoms with E-state index < -0.39 is 0 Å². The Hall–Kier alpha value is -1.34. The highest BCUT2D eigenvalue weighted by Crippen LogP contribution is 2.16. The highest BCUT2D eigenvalue weighted by atomic mass is 32.1. The molecule has 62 valence electrons. The summed E-state index contributed by atoms with van der Waals surface area (Å²) in [4.78, 5) is 15.0. The first-order chi connectivity index (χ1) is 5.77. The Balaban J connectivity index is 2.78. The summed E-state index contributed by atoms with van der Waals surface area (Å²) in [7, 11) is 1.34. The van der Waals surface area contributed by atoms with E-state index in [1.807, 2.05) is 0 Å². The van der Waals surface area contributed by atoms with E-state index in [0.29, 0.717) is 12.1 Å². The fourth-order valence-electron chi connectivity index (χ4n) is 0.766. The number of esters is 1. The van der Waals surface area contributed by atoms with Gasteiger partial charge in [0.05, 0.1) is 17.6 Å². The van der Waals surface area contributed by atoms with Gasteiger partial charge in [0.15, 0.2) is 0 Å². The Morgan fingerprint density at radius 2 is 2.58 bits per heavy atom.